The number of allylic oxidation sites excluding steroid dienone is 1. The Labute approximate surface area is 269 Å². The number of benzene rings is 1. The van der Waals surface area contributed by atoms with Gasteiger partial charge in [0.1, 0.15) is 23.7 Å². The molecule has 6 rings (SSSR count). The number of likely N-dealkylation sites (tertiary alicyclic amines) is 1. The zero-order chi connectivity index (χ0) is 32.4. The van der Waals surface area contributed by atoms with E-state index in [9.17, 15) is 24.3 Å². The molecule has 3 amide bonds. The van der Waals surface area contributed by atoms with Crippen LogP contribution in [0, 0.1) is 11.8 Å². The molecular formula is C34H44N4O8. The molecule has 5 aliphatic rings. The number of fused-ring (bicyclic) bond motifs is 2. The standard InChI is InChI=1S/C34H44N4O8/c1-22(21-39)38-30-32(42)37(16-15-36-17-19-44-20-18-36)14-8-4-7-11-26(40)35-23(2)29(24-9-5-3-6-10-24)45-33(43)27-25-12-13-34(30,46-25)28(27)31(38)41/h3-6,8-10,12-13,22-23,25,27-30,39H,7,11,14-21H2,1-2H3,(H,35,40)/b8-4-/t22-,23-,25+,27-,28-,29+,30+,34-/m1/s1. The van der Waals surface area contributed by atoms with Crippen molar-refractivity contribution in [3.63, 3.8) is 0 Å². The Morgan fingerprint density at radius 3 is 2.54 bits per heavy atom. The first-order chi connectivity index (χ1) is 22.2. The maximum absolute atomic E-state index is 14.7. The summed E-state index contributed by atoms with van der Waals surface area (Å²) in [4.78, 5) is 61.4. The topological polar surface area (TPSA) is 138 Å². The smallest absolute Gasteiger partial charge is 0.313 e. The van der Waals surface area contributed by atoms with Crippen molar-refractivity contribution in [1.29, 1.82) is 0 Å². The van der Waals surface area contributed by atoms with E-state index >= 15 is 0 Å². The molecule has 5 bridgehead atoms. The summed E-state index contributed by atoms with van der Waals surface area (Å²) in [6.45, 7) is 7.17. The fourth-order valence-electron chi connectivity index (χ4n) is 7.51. The van der Waals surface area contributed by atoms with E-state index in [1.807, 2.05) is 42.5 Å². The van der Waals surface area contributed by atoms with Crippen molar-refractivity contribution in [2.75, 3.05) is 52.5 Å². The van der Waals surface area contributed by atoms with Gasteiger partial charge in [-0.05, 0) is 25.8 Å². The van der Waals surface area contributed by atoms with Crippen LogP contribution in [0.15, 0.2) is 54.6 Å². The maximum Gasteiger partial charge on any atom is 0.313 e. The summed E-state index contributed by atoms with van der Waals surface area (Å²) >= 11 is 0. The van der Waals surface area contributed by atoms with Gasteiger partial charge in [-0.1, -0.05) is 54.6 Å². The van der Waals surface area contributed by atoms with E-state index in [-0.39, 0.29) is 31.4 Å². The van der Waals surface area contributed by atoms with Crippen molar-refractivity contribution in [2.45, 2.75) is 62.6 Å². The van der Waals surface area contributed by atoms with E-state index in [4.69, 9.17) is 14.2 Å². The van der Waals surface area contributed by atoms with Crippen molar-refractivity contribution < 1.29 is 38.5 Å². The first-order valence-electron chi connectivity index (χ1n) is 16.3. The number of aliphatic hydroxyl groups is 1. The number of cyclic esters (lactones) is 1. The minimum Gasteiger partial charge on any atom is -0.455 e. The summed E-state index contributed by atoms with van der Waals surface area (Å²) in [7, 11) is 0. The number of aliphatic hydroxyl groups excluding tert-OH is 1. The van der Waals surface area contributed by atoms with Gasteiger partial charge in [0.15, 0.2) is 0 Å². The van der Waals surface area contributed by atoms with Crippen molar-refractivity contribution in [2.24, 2.45) is 11.8 Å². The number of carbonyl (C=O) groups excluding carboxylic acids is 4. The molecule has 12 heteroatoms. The molecule has 0 saturated carbocycles. The Hall–Kier alpha value is -3.58. The molecule has 5 heterocycles. The Morgan fingerprint density at radius 2 is 1.80 bits per heavy atom. The zero-order valence-corrected chi connectivity index (χ0v) is 26.5. The number of ether oxygens (including phenoxy) is 3. The Balaban J connectivity index is 1.37. The molecule has 1 spiro atoms. The molecule has 248 valence electrons. The van der Waals surface area contributed by atoms with Crippen LogP contribution in [-0.4, -0.2) is 126 Å². The number of esters is 1. The molecule has 2 N–H and O–H groups in total. The SMILES string of the molecule is C[C@H](CO)N1C(=O)[C@H]2[C@@H]3C(=O)O[C@H](c4ccccc4)[C@@H](C)NC(=O)CC/C=C\CN(CCN4CCOCC4)C(=O)[C@H]1[C@@]21C=C[C@@H]3O1. The fourth-order valence-corrected chi connectivity index (χ4v) is 7.51. The first-order valence-corrected chi connectivity index (χ1v) is 16.3. The lowest BCUT2D eigenvalue weighted by atomic mass is 9.74. The molecule has 0 aromatic heterocycles. The van der Waals surface area contributed by atoms with Crippen molar-refractivity contribution >= 4 is 23.7 Å². The molecule has 0 aliphatic carbocycles. The largest absolute Gasteiger partial charge is 0.455 e. The minimum absolute atomic E-state index is 0.188. The van der Waals surface area contributed by atoms with Crippen LogP contribution in [0.3, 0.4) is 0 Å². The van der Waals surface area contributed by atoms with Crippen LogP contribution in [-0.2, 0) is 33.4 Å². The summed E-state index contributed by atoms with van der Waals surface area (Å²) < 4.78 is 18.2. The molecule has 3 fully saturated rings. The van der Waals surface area contributed by atoms with Gasteiger partial charge >= 0.3 is 5.97 Å². The second-order valence-electron chi connectivity index (χ2n) is 12.9. The van der Waals surface area contributed by atoms with E-state index in [0.29, 0.717) is 38.3 Å². The lowest BCUT2D eigenvalue weighted by Crippen LogP contribution is -2.58. The predicted molar refractivity (Wildman–Crippen MR) is 166 cm³/mol. The van der Waals surface area contributed by atoms with Gasteiger partial charge in [-0.2, -0.15) is 0 Å². The highest BCUT2D eigenvalue weighted by Crippen LogP contribution is 2.56. The van der Waals surface area contributed by atoms with Gasteiger partial charge in [0.05, 0.1) is 43.9 Å². The lowest BCUT2D eigenvalue weighted by molar-refractivity contribution is -0.162. The molecular weight excluding hydrogens is 592 g/mol. The van der Waals surface area contributed by atoms with Crippen LogP contribution in [0.2, 0.25) is 0 Å². The van der Waals surface area contributed by atoms with Gasteiger partial charge in [0.25, 0.3) is 0 Å². The monoisotopic (exact) mass is 636 g/mol. The van der Waals surface area contributed by atoms with Crippen molar-refractivity contribution in [3.05, 3.63) is 60.2 Å². The molecule has 8 atom stereocenters. The number of rotatable bonds is 6. The number of nitrogens with one attached hydrogen (secondary N) is 1. The van der Waals surface area contributed by atoms with Crippen LogP contribution in [0.4, 0.5) is 0 Å². The summed E-state index contributed by atoms with van der Waals surface area (Å²) in [5.74, 6) is -3.57. The molecule has 1 aromatic carbocycles. The summed E-state index contributed by atoms with van der Waals surface area (Å²) in [5, 5.41) is 13.2. The van der Waals surface area contributed by atoms with E-state index in [1.54, 1.807) is 30.9 Å². The number of amides is 3. The van der Waals surface area contributed by atoms with Crippen LogP contribution >= 0.6 is 0 Å². The number of carbonyl (C=O) groups is 4. The molecule has 5 aliphatic heterocycles. The minimum atomic E-state index is -1.39. The fraction of sp³-hybridized carbons (Fsp3) is 0.588. The first kappa shape index (κ1) is 32.4. The molecule has 3 saturated heterocycles. The normalized spacial score (nSPS) is 35.2. The number of hydrogen-bond donors (Lipinski definition) is 2. The summed E-state index contributed by atoms with van der Waals surface area (Å²) in [6, 6.07) is 6.85. The quantitative estimate of drug-likeness (QED) is 0.343. The third-order valence-corrected chi connectivity index (χ3v) is 9.90. The van der Waals surface area contributed by atoms with Crippen molar-refractivity contribution in [3.8, 4) is 0 Å². The molecule has 12 nitrogen and oxygen atoms in total. The lowest BCUT2D eigenvalue weighted by Gasteiger charge is -2.38. The van der Waals surface area contributed by atoms with E-state index < -0.39 is 59.6 Å². The third kappa shape index (κ3) is 5.99. The van der Waals surface area contributed by atoms with Crippen LogP contribution in [0.5, 0.6) is 0 Å². The van der Waals surface area contributed by atoms with Gasteiger partial charge in [-0.15, -0.1) is 0 Å². The number of nitrogens with zero attached hydrogens (tertiary/aromatic N) is 3. The molecule has 0 radical (unpaired) electrons. The maximum atomic E-state index is 14.7. The Kier molecular flexibility index (Phi) is 9.60. The highest BCUT2D eigenvalue weighted by Gasteiger charge is 2.74. The second kappa shape index (κ2) is 13.6. The van der Waals surface area contributed by atoms with Gasteiger partial charge in [-0.3, -0.25) is 24.1 Å². The summed E-state index contributed by atoms with van der Waals surface area (Å²) in [5.41, 5.74) is -0.684. The van der Waals surface area contributed by atoms with Crippen LogP contribution < -0.4 is 5.32 Å². The van der Waals surface area contributed by atoms with E-state index in [1.165, 1.54) is 4.90 Å². The highest BCUT2D eigenvalue weighted by atomic mass is 16.6. The van der Waals surface area contributed by atoms with Crippen molar-refractivity contribution in [1.82, 2.24) is 20.0 Å². The zero-order valence-electron chi connectivity index (χ0n) is 26.5. The Bertz CT molecular complexity index is 1360. The van der Waals surface area contributed by atoms with E-state index in [2.05, 4.69) is 10.2 Å². The second-order valence-corrected chi connectivity index (χ2v) is 12.9. The van der Waals surface area contributed by atoms with Crippen LogP contribution in [0.25, 0.3) is 0 Å². The molecule has 0 unspecified atom stereocenters. The highest BCUT2D eigenvalue weighted by molar-refractivity contribution is 5.99. The van der Waals surface area contributed by atoms with Gasteiger partial charge in [-0.25, -0.2) is 0 Å². The van der Waals surface area contributed by atoms with E-state index in [0.717, 1.165) is 13.1 Å². The number of hydrogen-bond acceptors (Lipinski definition) is 9. The third-order valence-electron chi connectivity index (χ3n) is 9.90. The van der Waals surface area contributed by atoms with Crippen LogP contribution in [0.1, 0.15) is 38.4 Å². The average Bonchev–Trinajstić information content (AvgIpc) is 3.71. The van der Waals surface area contributed by atoms with Gasteiger partial charge in [0, 0.05) is 39.1 Å². The average molecular weight is 637 g/mol. The van der Waals surface area contributed by atoms with Gasteiger partial charge in [0.2, 0.25) is 17.7 Å². The Morgan fingerprint density at radius 1 is 1.04 bits per heavy atom. The summed E-state index contributed by atoms with van der Waals surface area (Å²) in [6.07, 6.45) is 6.38. The van der Waals surface area contributed by atoms with Gasteiger partial charge < -0.3 is 34.4 Å². The predicted octanol–water partition coefficient (Wildman–Crippen LogP) is 0.818. The molecule has 46 heavy (non-hydrogen) atoms. The number of morpholine rings is 1. The molecule has 1 aromatic rings.